The lowest BCUT2D eigenvalue weighted by Crippen LogP contribution is -2.39. The van der Waals surface area contributed by atoms with Crippen molar-refractivity contribution >= 4 is 5.91 Å². The Hall–Kier alpha value is -2.33. The van der Waals surface area contributed by atoms with Crippen LogP contribution in [0.2, 0.25) is 0 Å². The van der Waals surface area contributed by atoms with Gasteiger partial charge in [-0.25, -0.2) is 0 Å². The third-order valence-electron chi connectivity index (χ3n) is 5.93. The van der Waals surface area contributed by atoms with Crippen molar-refractivity contribution in [2.75, 3.05) is 26.7 Å². The number of nitrogens with one attached hydrogen (secondary N) is 1. The smallest absolute Gasteiger partial charge is 0.227 e. The average molecular weight is 395 g/mol. The highest BCUT2D eigenvalue weighted by atomic mass is 16.5. The van der Waals surface area contributed by atoms with Gasteiger partial charge in [0.2, 0.25) is 5.91 Å². The minimum absolute atomic E-state index is 0.0311. The minimum Gasteiger partial charge on any atom is -0.497 e. The highest BCUT2D eigenvalue weighted by Gasteiger charge is 2.23. The summed E-state index contributed by atoms with van der Waals surface area (Å²) >= 11 is 0. The molecule has 1 heterocycles. The van der Waals surface area contributed by atoms with E-state index in [-0.39, 0.29) is 11.8 Å². The van der Waals surface area contributed by atoms with Gasteiger partial charge in [-0.15, -0.1) is 0 Å². The molecule has 1 atom stereocenters. The van der Waals surface area contributed by atoms with E-state index in [0.717, 1.165) is 63.2 Å². The third-order valence-corrected chi connectivity index (χ3v) is 5.93. The van der Waals surface area contributed by atoms with Crippen molar-refractivity contribution in [2.24, 2.45) is 5.92 Å². The van der Waals surface area contributed by atoms with E-state index in [4.69, 9.17) is 4.74 Å². The van der Waals surface area contributed by atoms with Crippen molar-refractivity contribution in [3.63, 3.8) is 0 Å². The van der Waals surface area contributed by atoms with Crippen LogP contribution < -0.4 is 10.1 Å². The molecule has 1 saturated heterocycles. The largest absolute Gasteiger partial charge is 0.497 e. The van der Waals surface area contributed by atoms with Crippen molar-refractivity contribution in [2.45, 2.75) is 45.1 Å². The molecule has 2 aromatic rings. The maximum absolute atomic E-state index is 12.8. The van der Waals surface area contributed by atoms with Crippen molar-refractivity contribution < 1.29 is 9.53 Å². The second kappa shape index (κ2) is 11.0. The Morgan fingerprint density at radius 3 is 2.41 bits per heavy atom. The molecule has 1 N–H and O–H groups in total. The zero-order chi connectivity index (χ0) is 20.5. The summed E-state index contributed by atoms with van der Waals surface area (Å²) in [5.74, 6) is 1.62. The Bertz CT molecular complexity index is 737. The van der Waals surface area contributed by atoms with Gasteiger partial charge in [-0.05, 0) is 61.5 Å². The molecule has 0 bridgehead atoms. The molecule has 1 aliphatic rings. The van der Waals surface area contributed by atoms with Crippen LogP contribution in [0.3, 0.4) is 0 Å². The summed E-state index contributed by atoms with van der Waals surface area (Å²) in [7, 11) is 1.70. The van der Waals surface area contributed by atoms with Crippen LogP contribution in [0.1, 0.15) is 49.7 Å². The second-order valence-electron chi connectivity index (χ2n) is 8.06. The average Bonchev–Trinajstić information content (AvgIpc) is 2.78. The Morgan fingerprint density at radius 1 is 1.10 bits per heavy atom. The summed E-state index contributed by atoms with van der Waals surface area (Å²) < 4.78 is 5.23. The zero-order valence-electron chi connectivity index (χ0n) is 17.8. The van der Waals surface area contributed by atoms with E-state index in [1.807, 2.05) is 30.3 Å². The number of ether oxygens (including phenoxy) is 1. The molecule has 0 aliphatic carbocycles. The number of benzene rings is 2. The number of rotatable bonds is 9. The summed E-state index contributed by atoms with van der Waals surface area (Å²) in [6, 6.07) is 18.5. The number of piperidine rings is 1. The minimum atomic E-state index is -0.0311. The molecular formula is C25H34N2O2. The number of hydrogen-bond donors (Lipinski definition) is 1. The Balaban J connectivity index is 1.43. The summed E-state index contributed by atoms with van der Waals surface area (Å²) in [6.07, 6.45) is 4.19. The first-order chi connectivity index (χ1) is 14.2. The number of amides is 1. The van der Waals surface area contributed by atoms with Gasteiger partial charge in [0.05, 0.1) is 13.0 Å². The topological polar surface area (TPSA) is 41.6 Å². The van der Waals surface area contributed by atoms with Crippen LogP contribution in [-0.4, -0.2) is 37.6 Å². The molecular weight excluding hydrogens is 360 g/mol. The molecule has 3 rings (SSSR count). The van der Waals surface area contributed by atoms with Crippen molar-refractivity contribution in [1.82, 2.24) is 10.2 Å². The molecule has 0 aromatic heterocycles. The van der Waals surface area contributed by atoms with Crippen LogP contribution in [-0.2, 0) is 11.3 Å². The second-order valence-corrected chi connectivity index (χ2v) is 8.06. The van der Waals surface area contributed by atoms with Crippen molar-refractivity contribution in [1.29, 1.82) is 0 Å². The normalized spacial score (nSPS) is 16.3. The standard InChI is InChI=1S/C25H34N2O2/c1-3-7-24(22-8-5-4-6-9-22)25(28)26-18-20-14-16-27(17-15-20)19-21-10-12-23(29-2)13-11-21/h4-6,8-13,20,24H,3,7,14-19H2,1-2H3,(H,26,28). The number of methoxy groups -OCH3 is 1. The lowest BCUT2D eigenvalue weighted by atomic mass is 9.92. The molecule has 0 spiro atoms. The predicted octanol–water partition coefficient (Wildman–Crippen LogP) is 4.61. The quantitative estimate of drug-likeness (QED) is 0.675. The first kappa shape index (κ1) is 21.4. The summed E-state index contributed by atoms with van der Waals surface area (Å²) in [5, 5.41) is 3.24. The monoisotopic (exact) mass is 394 g/mol. The van der Waals surface area contributed by atoms with Crippen LogP contribution in [0.4, 0.5) is 0 Å². The van der Waals surface area contributed by atoms with Gasteiger partial charge in [0.25, 0.3) is 0 Å². The van der Waals surface area contributed by atoms with Gasteiger partial charge < -0.3 is 10.1 Å². The number of carbonyl (C=O) groups excluding carboxylic acids is 1. The fourth-order valence-electron chi connectivity index (χ4n) is 4.13. The van der Waals surface area contributed by atoms with Gasteiger partial charge in [-0.1, -0.05) is 55.8 Å². The molecule has 0 radical (unpaired) electrons. The first-order valence-corrected chi connectivity index (χ1v) is 10.9. The van der Waals surface area contributed by atoms with Gasteiger partial charge >= 0.3 is 0 Å². The molecule has 1 amide bonds. The van der Waals surface area contributed by atoms with E-state index >= 15 is 0 Å². The molecule has 2 aromatic carbocycles. The van der Waals surface area contributed by atoms with Gasteiger partial charge in [0.15, 0.2) is 0 Å². The van der Waals surface area contributed by atoms with E-state index in [0.29, 0.717) is 5.92 Å². The van der Waals surface area contributed by atoms with E-state index in [9.17, 15) is 4.79 Å². The molecule has 1 unspecified atom stereocenters. The summed E-state index contributed by atoms with van der Waals surface area (Å²) in [6.45, 7) is 6.09. The number of carbonyl (C=O) groups is 1. The fraction of sp³-hybridized carbons (Fsp3) is 0.480. The summed E-state index contributed by atoms with van der Waals surface area (Å²) in [5.41, 5.74) is 2.45. The first-order valence-electron chi connectivity index (χ1n) is 10.9. The van der Waals surface area contributed by atoms with Crippen molar-refractivity contribution in [3.05, 3.63) is 65.7 Å². The van der Waals surface area contributed by atoms with Crippen LogP contribution in [0.15, 0.2) is 54.6 Å². The molecule has 1 aliphatic heterocycles. The van der Waals surface area contributed by atoms with Crippen LogP contribution in [0.5, 0.6) is 5.75 Å². The number of likely N-dealkylation sites (tertiary alicyclic amines) is 1. The number of hydrogen-bond acceptors (Lipinski definition) is 3. The van der Waals surface area contributed by atoms with E-state index in [1.54, 1.807) is 7.11 Å². The van der Waals surface area contributed by atoms with E-state index in [1.165, 1.54) is 5.56 Å². The van der Waals surface area contributed by atoms with E-state index in [2.05, 4.69) is 41.4 Å². The lowest BCUT2D eigenvalue weighted by Gasteiger charge is -2.32. The molecule has 29 heavy (non-hydrogen) atoms. The molecule has 4 nitrogen and oxygen atoms in total. The molecule has 4 heteroatoms. The molecule has 0 saturated carbocycles. The van der Waals surface area contributed by atoms with Crippen LogP contribution >= 0.6 is 0 Å². The summed E-state index contributed by atoms with van der Waals surface area (Å²) in [4.78, 5) is 15.3. The fourth-order valence-corrected chi connectivity index (χ4v) is 4.13. The van der Waals surface area contributed by atoms with E-state index < -0.39 is 0 Å². The highest BCUT2D eigenvalue weighted by molar-refractivity contribution is 5.83. The predicted molar refractivity (Wildman–Crippen MR) is 118 cm³/mol. The SMILES string of the molecule is CCCC(C(=O)NCC1CCN(Cc2ccc(OC)cc2)CC1)c1ccccc1. The Kier molecular flexibility index (Phi) is 8.12. The maximum atomic E-state index is 12.8. The molecule has 1 fully saturated rings. The van der Waals surface area contributed by atoms with Gasteiger partial charge in [0, 0.05) is 13.1 Å². The zero-order valence-corrected chi connectivity index (χ0v) is 17.8. The third kappa shape index (κ3) is 6.33. The Morgan fingerprint density at radius 2 is 1.79 bits per heavy atom. The number of nitrogens with zero attached hydrogens (tertiary/aromatic N) is 1. The van der Waals surface area contributed by atoms with Gasteiger partial charge in [0.1, 0.15) is 5.75 Å². The molecule has 156 valence electrons. The van der Waals surface area contributed by atoms with Crippen LogP contribution in [0, 0.1) is 5.92 Å². The van der Waals surface area contributed by atoms with Crippen LogP contribution in [0.25, 0.3) is 0 Å². The highest BCUT2D eigenvalue weighted by Crippen LogP contribution is 2.23. The Labute approximate surface area is 175 Å². The van der Waals surface area contributed by atoms with Crippen molar-refractivity contribution in [3.8, 4) is 5.75 Å². The van der Waals surface area contributed by atoms with Gasteiger partial charge in [-0.2, -0.15) is 0 Å². The van der Waals surface area contributed by atoms with Gasteiger partial charge in [-0.3, -0.25) is 9.69 Å². The lowest BCUT2D eigenvalue weighted by molar-refractivity contribution is -0.123. The maximum Gasteiger partial charge on any atom is 0.227 e.